The van der Waals surface area contributed by atoms with Crippen molar-refractivity contribution in [2.45, 2.75) is 25.6 Å². The predicted octanol–water partition coefficient (Wildman–Crippen LogP) is 5.05. The zero-order valence-electron chi connectivity index (χ0n) is 16.1. The number of halogens is 4. The maximum absolute atomic E-state index is 13.2. The monoisotopic (exact) mass is 448 g/mol. The fraction of sp³-hybridized carbons (Fsp3) is 0.190. The van der Waals surface area contributed by atoms with Crippen LogP contribution in [0.2, 0.25) is 5.02 Å². The summed E-state index contributed by atoms with van der Waals surface area (Å²) in [5.74, 6) is -0.787. The van der Waals surface area contributed by atoms with E-state index < -0.39 is 29.6 Å². The van der Waals surface area contributed by atoms with Crippen molar-refractivity contribution in [3.63, 3.8) is 0 Å². The number of anilines is 2. The highest BCUT2D eigenvalue weighted by atomic mass is 35.5. The number of hydrogen-bond acceptors (Lipinski definition) is 3. The quantitative estimate of drug-likeness (QED) is 0.586. The van der Waals surface area contributed by atoms with Crippen LogP contribution in [0.25, 0.3) is 11.1 Å². The predicted molar refractivity (Wildman–Crippen MR) is 110 cm³/mol. The molecule has 0 radical (unpaired) electrons. The Morgan fingerprint density at radius 2 is 1.97 bits per heavy atom. The highest BCUT2D eigenvalue weighted by Crippen LogP contribution is 2.39. The van der Waals surface area contributed by atoms with Gasteiger partial charge in [0.15, 0.2) is 0 Å². The van der Waals surface area contributed by atoms with Crippen LogP contribution in [0, 0.1) is 6.92 Å². The first kappa shape index (κ1) is 20.9. The first-order chi connectivity index (χ1) is 14.6. The molecule has 0 fully saturated rings. The van der Waals surface area contributed by atoms with Gasteiger partial charge in [-0.05, 0) is 36.8 Å². The molecule has 160 valence electrons. The first-order valence-corrected chi connectivity index (χ1v) is 9.65. The van der Waals surface area contributed by atoms with E-state index in [4.69, 9.17) is 11.6 Å². The molecule has 2 N–H and O–H groups in total. The van der Waals surface area contributed by atoms with Gasteiger partial charge in [0, 0.05) is 10.6 Å². The number of aromatic nitrogens is 2. The zero-order chi connectivity index (χ0) is 22.3. The molecule has 1 aromatic heterocycles. The second-order valence-corrected chi connectivity index (χ2v) is 7.50. The molecule has 4 rings (SSSR count). The molecule has 1 aliphatic heterocycles. The number of para-hydroxylation sites is 1. The van der Waals surface area contributed by atoms with E-state index in [1.54, 1.807) is 25.1 Å². The second-order valence-electron chi connectivity index (χ2n) is 7.06. The largest absolute Gasteiger partial charge is 0.418 e. The number of nitrogens with zero attached hydrogens (tertiary/aromatic N) is 2. The van der Waals surface area contributed by atoms with Gasteiger partial charge in [0.1, 0.15) is 11.9 Å². The fourth-order valence-corrected chi connectivity index (χ4v) is 3.78. The molecule has 2 heterocycles. The third-order valence-corrected chi connectivity index (χ3v) is 5.16. The van der Waals surface area contributed by atoms with Gasteiger partial charge < -0.3 is 10.6 Å². The molecule has 1 atom stereocenters. The lowest BCUT2D eigenvalue weighted by atomic mass is 10.1. The number of carbonyl (C=O) groups excluding carboxylic acids is 2. The molecular formula is C21H16ClF3N4O2. The SMILES string of the molecule is Cc1nn2c(c1-c1cccc(Cl)c1)NC(=O)C2CC(=O)Nc1ccccc1C(F)(F)F. The molecule has 0 saturated carbocycles. The molecule has 6 nitrogen and oxygen atoms in total. The molecule has 0 bridgehead atoms. The number of nitrogens with one attached hydrogen (secondary N) is 2. The van der Waals surface area contributed by atoms with Crippen LogP contribution < -0.4 is 10.6 Å². The van der Waals surface area contributed by atoms with E-state index in [1.807, 2.05) is 6.07 Å². The fourth-order valence-electron chi connectivity index (χ4n) is 3.59. The number of carbonyl (C=O) groups is 2. The Labute approximate surface area is 180 Å². The zero-order valence-corrected chi connectivity index (χ0v) is 16.9. The van der Waals surface area contributed by atoms with Crippen LogP contribution in [0.5, 0.6) is 0 Å². The van der Waals surface area contributed by atoms with E-state index >= 15 is 0 Å². The van der Waals surface area contributed by atoms with Gasteiger partial charge in [0.2, 0.25) is 5.91 Å². The van der Waals surface area contributed by atoms with Crippen molar-refractivity contribution in [3.05, 3.63) is 64.8 Å². The Morgan fingerprint density at radius 3 is 2.68 bits per heavy atom. The van der Waals surface area contributed by atoms with Crippen molar-refractivity contribution in [2.75, 3.05) is 10.6 Å². The third-order valence-electron chi connectivity index (χ3n) is 4.92. The second kappa shape index (κ2) is 7.73. The number of fused-ring (bicyclic) bond motifs is 1. The molecule has 2 amide bonds. The van der Waals surface area contributed by atoms with E-state index in [2.05, 4.69) is 15.7 Å². The Hall–Kier alpha value is -3.33. The highest BCUT2D eigenvalue weighted by molar-refractivity contribution is 6.30. The van der Waals surface area contributed by atoms with Gasteiger partial charge in [-0.25, -0.2) is 4.68 Å². The van der Waals surface area contributed by atoms with Crippen LogP contribution in [0.1, 0.15) is 23.7 Å². The minimum atomic E-state index is -4.62. The molecule has 1 aliphatic rings. The topological polar surface area (TPSA) is 76.0 Å². The average molecular weight is 449 g/mol. The number of aryl methyl sites for hydroxylation is 1. The lowest BCUT2D eigenvalue weighted by Gasteiger charge is -2.14. The standard InChI is InChI=1S/C21H16ClF3N4O2/c1-11-18(12-5-4-6-13(22)9-12)19-27-20(31)16(29(19)28-11)10-17(30)26-15-8-3-2-7-14(15)21(23,24)25/h2-9,16H,10H2,1H3,(H,26,30)(H,27,31). The van der Waals surface area contributed by atoms with Crippen molar-refractivity contribution < 1.29 is 22.8 Å². The summed E-state index contributed by atoms with van der Waals surface area (Å²) in [6, 6.07) is 10.7. The first-order valence-electron chi connectivity index (χ1n) is 9.27. The summed E-state index contributed by atoms with van der Waals surface area (Å²) < 4.78 is 40.9. The van der Waals surface area contributed by atoms with Crippen LogP contribution >= 0.6 is 11.6 Å². The van der Waals surface area contributed by atoms with Crippen LogP contribution in [0.15, 0.2) is 48.5 Å². The van der Waals surface area contributed by atoms with Gasteiger partial charge in [-0.2, -0.15) is 18.3 Å². The molecule has 0 spiro atoms. The maximum Gasteiger partial charge on any atom is 0.418 e. The Kier molecular flexibility index (Phi) is 5.22. The van der Waals surface area contributed by atoms with Crippen molar-refractivity contribution >= 4 is 34.9 Å². The van der Waals surface area contributed by atoms with Crippen molar-refractivity contribution in [1.82, 2.24) is 9.78 Å². The molecular weight excluding hydrogens is 433 g/mol. The normalized spacial score (nSPS) is 15.5. The summed E-state index contributed by atoms with van der Waals surface area (Å²) in [7, 11) is 0. The van der Waals surface area contributed by atoms with E-state index in [0.717, 1.165) is 17.7 Å². The minimum Gasteiger partial charge on any atom is -0.325 e. The van der Waals surface area contributed by atoms with Gasteiger partial charge in [-0.1, -0.05) is 35.9 Å². The van der Waals surface area contributed by atoms with Crippen molar-refractivity contribution in [2.24, 2.45) is 0 Å². The van der Waals surface area contributed by atoms with Crippen molar-refractivity contribution in [1.29, 1.82) is 0 Å². The van der Waals surface area contributed by atoms with Crippen LogP contribution in [-0.2, 0) is 15.8 Å². The van der Waals surface area contributed by atoms with Gasteiger partial charge in [0.05, 0.1) is 23.4 Å². The van der Waals surface area contributed by atoms with Crippen LogP contribution in [0.3, 0.4) is 0 Å². The van der Waals surface area contributed by atoms with E-state index in [1.165, 1.54) is 16.8 Å². The number of rotatable bonds is 4. The summed E-state index contributed by atoms with van der Waals surface area (Å²) in [6.07, 6.45) is -4.99. The Bertz CT molecular complexity index is 1190. The summed E-state index contributed by atoms with van der Waals surface area (Å²) in [6.45, 7) is 1.75. The summed E-state index contributed by atoms with van der Waals surface area (Å²) in [5.41, 5.74) is 0.704. The molecule has 3 aromatic rings. The van der Waals surface area contributed by atoms with Crippen molar-refractivity contribution in [3.8, 4) is 11.1 Å². The minimum absolute atomic E-state index is 0.366. The van der Waals surface area contributed by atoms with Crippen LogP contribution in [-0.4, -0.2) is 21.6 Å². The van der Waals surface area contributed by atoms with Gasteiger partial charge in [0.25, 0.3) is 5.91 Å². The summed E-state index contributed by atoms with van der Waals surface area (Å²) in [5, 5.41) is 9.87. The summed E-state index contributed by atoms with van der Waals surface area (Å²) >= 11 is 6.07. The lowest BCUT2D eigenvalue weighted by Crippen LogP contribution is -2.24. The number of amides is 2. The lowest BCUT2D eigenvalue weighted by molar-refractivity contribution is -0.137. The number of hydrogen-bond donors (Lipinski definition) is 2. The molecule has 10 heteroatoms. The van der Waals surface area contributed by atoms with Gasteiger partial charge >= 0.3 is 6.18 Å². The highest BCUT2D eigenvalue weighted by Gasteiger charge is 2.37. The number of alkyl halides is 3. The van der Waals surface area contributed by atoms with E-state index in [9.17, 15) is 22.8 Å². The van der Waals surface area contributed by atoms with Crippen LogP contribution in [0.4, 0.5) is 24.7 Å². The van der Waals surface area contributed by atoms with Gasteiger partial charge in [-0.15, -0.1) is 0 Å². The third kappa shape index (κ3) is 4.00. The molecule has 0 aliphatic carbocycles. The average Bonchev–Trinajstić information content (AvgIpc) is 3.15. The molecule has 31 heavy (non-hydrogen) atoms. The molecule has 2 aromatic carbocycles. The smallest absolute Gasteiger partial charge is 0.325 e. The van der Waals surface area contributed by atoms with E-state index in [-0.39, 0.29) is 12.1 Å². The number of benzene rings is 2. The summed E-state index contributed by atoms with van der Waals surface area (Å²) in [4.78, 5) is 25.0. The van der Waals surface area contributed by atoms with Gasteiger partial charge in [-0.3, -0.25) is 9.59 Å². The maximum atomic E-state index is 13.2. The Balaban J connectivity index is 1.59. The Morgan fingerprint density at radius 1 is 1.23 bits per heavy atom. The molecule has 0 saturated heterocycles. The van der Waals surface area contributed by atoms with E-state index in [0.29, 0.717) is 22.1 Å². The molecule has 1 unspecified atom stereocenters.